The Morgan fingerprint density at radius 2 is 0.694 bits per heavy atom. The van der Waals surface area contributed by atoms with E-state index in [9.17, 15) is 0 Å². The number of para-hydroxylation sites is 4. The number of benzene rings is 6. The molecule has 0 radical (unpaired) electrons. The van der Waals surface area contributed by atoms with Crippen LogP contribution in [0.5, 0.6) is 0 Å². The van der Waals surface area contributed by atoms with Crippen LogP contribution in [0.1, 0.15) is 36.0 Å². The quantitative estimate of drug-likeness (QED) is 0.139. The Hall–Kier alpha value is -6.12. The maximum absolute atomic E-state index is 2.38. The van der Waals surface area contributed by atoms with Crippen LogP contribution in [0.2, 0.25) is 0 Å². The van der Waals surface area contributed by atoms with Gasteiger partial charge in [-0.1, -0.05) is 140 Å². The molecule has 0 atom stereocenters. The van der Waals surface area contributed by atoms with E-state index in [2.05, 4.69) is 216 Å². The van der Waals surface area contributed by atoms with Crippen LogP contribution in [0.25, 0.3) is 18.2 Å². The molecular weight excluding hydrogens is 593 g/mol. The molecule has 0 saturated carbocycles. The Balaban J connectivity index is 1.02. The normalized spacial score (nSPS) is 13.1. The van der Waals surface area contributed by atoms with Gasteiger partial charge >= 0.3 is 0 Å². The van der Waals surface area contributed by atoms with Crippen molar-refractivity contribution in [1.29, 1.82) is 0 Å². The van der Waals surface area contributed by atoms with Gasteiger partial charge in [0.25, 0.3) is 0 Å². The minimum absolute atomic E-state index is 1.03. The number of allylic oxidation sites excluding steroid dienone is 5. The first-order valence-electron chi connectivity index (χ1n) is 17.1. The summed E-state index contributed by atoms with van der Waals surface area (Å²) in [5, 5.41) is 0. The lowest BCUT2D eigenvalue weighted by Gasteiger charge is -2.27. The zero-order valence-corrected chi connectivity index (χ0v) is 27.6. The maximum Gasteiger partial charge on any atom is 0.0462 e. The van der Waals surface area contributed by atoms with E-state index in [-0.39, 0.29) is 0 Å². The summed E-state index contributed by atoms with van der Waals surface area (Å²) in [6.45, 7) is 0. The van der Waals surface area contributed by atoms with Crippen LogP contribution in [0.15, 0.2) is 199 Å². The van der Waals surface area contributed by atoms with E-state index in [4.69, 9.17) is 0 Å². The molecule has 0 aliphatic heterocycles. The van der Waals surface area contributed by atoms with Crippen LogP contribution in [0, 0.1) is 0 Å². The van der Waals surface area contributed by atoms with Crippen LogP contribution in [-0.4, -0.2) is 0 Å². The molecule has 0 aromatic heterocycles. The van der Waals surface area contributed by atoms with Crippen molar-refractivity contribution in [3.05, 3.63) is 216 Å². The molecule has 2 nitrogen and oxygen atoms in total. The van der Waals surface area contributed by atoms with Crippen molar-refractivity contribution >= 4 is 46.7 Å². The first-order valence-corrected chi connectivity index (χ1v) is 17.1. The lowest BCUT2D eigenvalue weighted by atomic mass is 10.1. The number of rotatable bonds is 10. The highest BCUT2D eigenvalue weighted by atomic mass is 15.1. The van der Waals surface area contributed by atoms with Gasteiger partial charge in [0, 0.05) is 34.1 Å². The molecule has 0 heterocycles. The SMILES string of the molecule is C(=Cc1ccc(C=Cc2ccc(N(c3ccccc3)c3ccccc3)cc2)cc1)C1=CC=C(N(c2ccccc2)c2ccccc2)CCC1. The summed E-state index contributed by atoms with van der Waals surface area (Å²) >= 11 is 0. The minimum Gasteiger partial charge on any atom is -0.314 e. The van der Waals surface area contributed by atoms with Crippen molar-refractivity contribution < 1.29 is 0 Å². The van der Waals surface area contributed by atoms with Crippen LogP contribution in [-0.2, 0) is 0 Å². The van der Waals surface area contributed by atoms with Crippen molar-refractivity contribution in [2.24, 2.45) is 0 Å². The third-order valence-corrected chi connectivity index (χ3v) is 8.78. The predicted molar refractivity (Wildman–Crippen MR) is 211 cm³/mol. The standard InChI is InChI=1S/C47H40N2/c1-5-15-42(16-6-1)48(43-17-7-2-8-18-43)46-23-13-14-38(32-35-46)24-25-39-26-28-40(29-27-39)30-31-41-33-36-47(37-34-41)49(44-19-9-3-10-20-44)45-21-11-4-12-22-45/h1-12,15-22,24-37H,13-14,23H2. The van der Waals surface area contributed by atoms with Crippen LogP contribution in [0.4, 0.5) is 28.4 Å². The number of nitrogens with zero attached hydrogens (tertiary/aromatic N) is 2. The fourth-order valence-corrected chi connectivity index (χ4v) is 6.25. The zero-order chi connectivity index (χ0) is 33.1. The van der Waals surface area contributed by atoms with Gasteiger partial charge in [-0.05, 0) is 108 Å². The van der Waals surface area contributed by atoms with Crippen LogP contribution in [0.3, 0.4) is 0 Å². The first-order chi connectivity index (χ1) is 24.3. The van der Waals surface area contributed by atoms with E-state index in [1.807, 2.05) is 0 Å². The molecule has 0 bridgehead atoms. The highest BCUT2D eigenvalue weighted by Gasteiger charge is 2.16. The maximum atomic E-state index is 2.38. The molecule has 0 amide bonds. The molecule has 49 heavy (non-hydrogen) atoms. The van der Waals surface area contributed by atoms with Gasteiger partial charge in [-0.3, -0.25) is 0 Å². The fraction of sp³-hybridized carbons (Fsp3) is 0.0638. The third kappa shape index (κ3) is 8.06. The molecular formula is C47H40N2. The van der Waals surface area contributed by atoms with Gasteiger partial charge in [-0.25, -0.2) is 0 Å². The number of anilines is 5. The zero-order valence-electron chi connectivity index (χ0n) is 27.6. The van der Waals surface area contributed by atoms with E-state index < -0.39 is 0 Å². The van der Waals surface area contributed by atoms with Crippen molar-refractivity contribution in [1.82, 2.24) is 0 Å². The second-order valence-electron chi connectivity index (χ2n) is 12.2. The molecule has 0 N–H and O–H groups in total. The van der Waals surface area contributed by atoms with Gasteiger partial charge in [0.2, 0.25) is 0 Å². The number of hydrogen-bond donors (Lipinski definition) is 0. The van der Waals surface area contributed by atoms with Crippen molar-refractivity contribution in [3.8, 4) is 0 Å². The lowest BCUT2D eigenvalue weighted by Crippen LogP contribution is -2.16. The second kappa shape index (κ2) is 15.6. The smallest absolute Gasteiger partial charge is 0.0462 e. The Labute approximate surface area is 290 Å². The lowest BCUT2D eigenvalue weighted by molar-refractivity contribution is 0.809. The van der Waals surface area contributed by atoms with Gasteiger partial charge in [-0.15, -0.1) is 0 Å². The Morgan fingerprint density at radius 3 is 1.14 bits per heavy atom. The van der Waals surface area contributed by atoms with Crippen molar-refractivity contribution in [2.75, 3.05) is 9.80 Å². The van der Waals surface area contributed by atoms with E-state index in [1.54, 1.807) is 0 Å². The average Bonchev–Trinajstić information content (AvgIpc) is 3.41. The monoisotopic (exact) mass is 632 g/mol. The Kier molecular flexibility index (Phi) is 10.1. The molecule has 0 unspecified atom stereocenters. The predicted octanol–water partition coefficient (Wildman–Crippen LogP) is 13.2. The molecule has 1 aliphatic carbocycles. The average molecular weight is 633 g/mol. The van der Waals surface area contributed by atoms with E-state index in [0.717, 1.165) is 36.3 Å². The minimum atomic E-state index is 1.03. The molecule has 2 heteroatoms. The first kappa shape index (κ1) is 31.5. The summed E-state index contributed by atoms with van der Waals surface area (Å²) in [5.41, 5.74) is 12.0. The molecule has 6 aromatic rings. The van der Waals surface area contributed by atoms with E-state index in [0.29, 0.717) is 0 Å². The summed E-state index contributed by atoms with van der Waals surface area (Å²) in [4.78, 5) is 4.66. The molecule has 0 fully saturated rings. The van der Waals surface area contributed by atoms with Gasteiger partial charge < -0.3 is 9.80 Å². The molecule has 0 saturated heterocycles. The molecule has 7 rings (SSSR count). The largest absolute Gasteiger partial charge is 0.314 e. The van der Waals surface area contributed by atoms with Gasteiger partial charge in [-0.2, -0.15) is 0 Å². The van der Waals surface area contributed by atoms with Crippen LogP contribution >= 0.6 is 0 Å². The van der Waals surface area contributed by atoms with Crippen LogP contribution < -0.4 is 9.80 Å². The Morgan fingerprint density at radius 1 is 0.327 bits per heavy atom. The van der Waals surface area contributed by atoms with Gasteiger partial charge in [0.1, 0.15) is 0 Å². The highest BCUT2D eigenvalue weighted by molar-refractivity contribution is 5.78. The molecule has 238 valence electrons. The fourth-order valence-electron chi connectivity index (χ4n) is 6.25. The third-order valence-electron chi connectivity index (χ3n) is 8.78. The molecule has 6 aromatic carbocycles. The molecule has 1 aliphatic rings. The summed E-state index contributed by atoms with van der Waals surface area (Å²) in [7, 11) is 0. The number of hydrogen-bond acceptors (Lipinski definition) is 2. The van der Waals surface area contributed by atoms with Gasteiger partial charge in [0.15, 0.2) is 0 Å². The van der Waals surface area contributed by atoms with Crippen molar-refractivity contribution in [3.63, 3.8) is 0 Å². The summed E-state index contributed by atoms with van der Waals surface area (Å²) in [6, 6.07) is 59.8. The van der Waals surface area contributed by atoms with Gasteiger partial charge in [0.05, 0.1) is 0 Å². The van der Waals surface area contributed by atoms with E-state index in [1.165, 1.54) is 39.3 Å². The topological polar surface area (TPSA) is 6.48 Å². The molecule has 0 spiro atoms. The summed E-state index contributed by atoms with van der Waals surface area (Å²) in [5.74, 6) is 0. The Bertz CT molecular complexity index is 1960. The van der Waals surface area contributed by atoms with Crippen molar-refractivity contribution in [2.45, 2.75) is 19.3 Å². The second-order valence-corrected chi connectivity index (χ2v) is 12.2. The highest BCUT2D eigenvalue weighted by Crippen LogP contribution is 2.35. The summed E-state index contributed by atoms with van der Waals surface area (Å²) in [6.07, 6.45) is 16.6. The summed E-state index contributed by atoms with van der Waals surface area (Å²) < 4.78 is 0. The van der Waals surface area contributed by atoms with E-state index >= 15 is 0 Å².